The van der Waals surface area contributed by atoms with Gasteiger partial charge in [-0.15, -0.1) is 0 Å². The van der Waals surface area contributed by atoms with Gasteiger partial charge in [0.15, 0.2) is 0 Å². The van der Waals surface area contributed by atoms with Crippen molar-refractivity contribution in [2.45, 2.75) is 65.0 Å². The minimum Gasteiger partial charge on any atom is -0.363 e. The fourth-order valence-corrected chi connectivity index (χ4v) is 2.82. The third-order valence-electron chi connectivity index (χ3n) is 3.82. The summed E-state index contributed by atoms with van der Waals surface area (Å²) in [6, 6.07) is 20.5. The van der Waals surface area contributed by atoms with E-state index in [4.69, 9.17) is 9.47 Å². The minimum atomic E-state index is -0.299. The Kier molecular flexibility index (Phi) is 6.44. The van der Waals surface area contributed by atoms with E-state index < -0.39 is 0 Å². The van der Waals surface area contributed by atoms with Crippen LogP contribution < -0.4 is 0 Å². The van der Waals surface area contributed by atoms with Gasteiger partial charge in [0.1, 0.15) is 12.2 Å². The predicted molar refractivity (Wildman–Crippen MR) is 109 cm³/mol. The molecule has 2 aromatic rings. The van der Waals surface area contributed by atoms with E-state index in [9.17, 15) is 0 Å². The molecule has 0 spiro atoms. The second-order valence-electron chi connectivity index (χ2n) is 8.62. The second kappa shape index (κ2) is 8.20. The van der Waals surface area contributed by atoms with Crippen molar-refractivity contribution in [2.75, 3.05) is 0 Å². The number of hydrogen-bond acceptors (Lipinski definition) is 2. The van der Waals surface area contributed by atoms with Crippen molar-refractivity contribution >= 4 is 0 Å². The molecule has 0 bridgehead atoms. The summed E-state index contributed by atoms with van der Waals surface area (Å²) in [6.07, 6.45) is -0.493. The molecule has 2 aromatic carbocycles. The zero-order chi connectivity index (χ0) is 19.4. The van der Waals surface area contributed by atoms with Crippen LogP contribution in [0, 0.1) is 0 Å². The summed E-state index contributed by atoms with van der Waals surface area (Å²) in [4.78, 5) is 0. The van der Waals surface area contributed by atoms with Crippen LogP contribution in [0.15, 0.2) is 72.8 Å². The number of rotatable bonds is 6. The number of hydrogen-bond donors (Lipinski definition) is 0. The van der Waals surface area contributed by atoms with Crippen LogP contribution in [0.5, 0.6) is 0 Å². The average molecular weight is 353 g/mol. The van der Waals surface area contributed by atoms with Gasteiger partial charge in [-0.05, 0) is 58.2 Å². The lowest BCUT2D eigenvalue weighted by Gasteiger charge is -2.35. The summed E-state index contributed by atoms with van der Waals surface area (Å²) in [5.41, 5.74) is 2.49. The number of benzene rings is 2. The molecule has 0 fully saturated rings. The average Bonchev–Trinajstić information content (AvgIpc) is 2.57. The van der Waals surface area contributed by atoms with Gasteiger partial charge in [0.05, 0.1) is 11.2 Å². The quantitative estimate of drug-likeness (QED) is 0.541. The third-order valence-corrected chi connectivity index (χ3v) is 3.82. The van der Waals surface area contributed by atoms with Crippen molar-refractivity contribution in [2.24, 2.45) is 0 Å². The molecule has 140 valence electrons. The Morgan fingerprint density at radius 3 is 1.23 bits per heavy atom. The van der Waals surface area contributed by atoms with Crippen LogP contribution in [-0.4, -0.2) is 11.2 Å². The van der Waals surface area contributed by atoms with Gasteiger partial charge in [-0.1, -0.05) is 67.2 Å². The molecule has 2 atom stereocenters. The summed E-state index contributed by atoms with van der Waals surface area (Å²) in [5.74, 6) is 0. The first-order valence-electron chi connectivity index (χ1n) is 9.21. The summed E-state index contributed by atoms with van der Waals surface area (Å²) in [7, 11) is 0. The zero-order valence-corrected chi connectivity index (χ0v) is 17.0. The fraction of sp³-hybridized carbons (Fsp3) is 0.417. The molecule has 2 heteroatoms. The zero-order valence-electron chi connectivity index (χ0n) is 17.0. The molecule has 0 amide bonds. The lowest BCUT2D eigenvalue weighted by Crippen LogP contribution is -2.29. The van der Waals surface area contributed by atoms with Crippen LogP contribution >= 0.6 is 0 Å². The maximum atomic E-state index is 6.42. The molecule has 0 aliphatic rings. The van der Waals surface area contributed by atoms with Crippen molar-refractivity contribution in [3.8, 4) is 0 Å². The summed E-state index contributed by atoms with van der Waals surface area (Å²) >= 11 is 0. The summed E-state index contributed by atoms with van der Waals surface area (Å²) in [5, 5.41) is 0. The highest BCUT2D eigenvalue weighted by Gasteiger charge is 2.31. The lowest BCUT2D eigenvalue weighted by molar-refractivity contribution is -0.0820. The molecular formula is C24H32O2. The monoisotopic (exact) mass is 352 g/mol. The molecule has 2 nitrogen and oxygen atoms in total. The first-order chi connectivity index (χ1) is 12.1. The molecule has 0 saturated carbocycles. The molecule has 26 heavy (non-hydrogen) atoms. The number of ether oxygens (including phenoxy) is 2. The maximum Gasteiger partial charge on any atom is 0.107 e. The molecule has 2 rings (SSSR count). The summed E-state index contributed by atoms with van der Waals surface area (Å²) < 4.78 is 12.8. The van der Waals surface area contributed by atoms with E-state index in [1.807, 2.05) is 36.4 Å². The van der Waals surface area contributed by atoms with Gasteiger partial charge in [0, 0.05) is 0 Å². The third kappa shape index (κ3) is 6.12. The largest absolute Gasteiger partial charge is 0.363 e. The predicted octanol–water partition coefficient (Wildman–Crippen LogP) is 6.66. The van der Waals surface area contributed by atoms with Gasteiger partial charge in [0.2, 0.25) is 0 Å². The smallest absolute Gasteiger partial charge is 0.107 e. The van der Waals surface area contributed by atoms with Crippen molar-refractivity contribution in [3.05, 3.63) is 83.9 Å². The SMILES string of the molecule is C=C(C(OC(C)(C)C)c1ccccc1)C(OC(C)(C)C)c1ccccc1. The van der Waals surface area contributed by atoms with E-state index in [1.54, 1.807) is 0 Å². The summed E-state index contributed by atoms with van der Waals surface area (Å²) in [6.45, 7) is 16.8. The molecule has 2 unspecified atom stereocenters. The van der Waals surface area contributed by atoms with E-state index in [0.717, 1.165) is 16.7 Å². The van der Waals surface area contributed by atoms with Crippen LogP contribution in [-0.2, 0) is 9.47 Å². The lowest BCUT2D eigenvalue weighted by atomic mass is 9.92. The van der Waals surface area contributed by atoms with Gasteiger partial charge >= 0.3 is 0 Å². The fourth-order valence-electron chi connectivity index (χ4n) is 2.82. The Hall–Kier alpha value is -1.90. The minimum absolute atomic E-state index is 0.247. The van der Waals surface area contributed by atoms with Gasteiger partial charge < -0.3 is 9.47 Å². The molecule has 0 saturated heterocycles. The molecule has 0 N–H and O–H groups in total. The van der Waals surface area contributed by atoms with E-state index in [0.29, 0.717) is 0 Å². The Labute approximate surface area is 158 Å². The van der Waals surface area contributed by atoms with Crippen LogP contribution in [0.2, 0.25) is 0 Å². The standard InChI is InChI=1S/C24H32O2/c1-18(21(25-23(2,3)4)19-14-10-8-11-15-19)22(26-24(5,6)7)20-16-12-9-13-17-20/h8-17,21-22H,1H2,2-7H3. The first-order valence-corrected chi connectivity index (χ1v) is 9.21. The Balaban J connectivity index is 2.44. The molecule has 0 aliphatic heterocycles. The highest BCUT2D eigenvalue weighted by molar-refractivity contribution is 5.33. The van der Waals surface area contributed by atoms with Gasteiger partial charge in [0.25, 0.3) is 0 Å². The molecule has 0 aromatic heterocycles. The van der Waals surface area contributed by atoms with E-state index in [-0.39, 0.29) is 23.4 Å². The second-order valence-corrected chi connectivity index (χ2v) is 8.62. The first kappa shape index (κ1) is 20.4. The van der Waals surface area contributed by atoms with E-state index >= 15 is 0 Å². The topological polar surface area (TPSA) is 18.5 Å². The van der Waals surface area contributed by atoms with Crippen molar-refractivity contribution < 1.29 is 9.47 Å². The highest BCUT2D eigenvalue weighted by Crippen LogP contribution is 2.40. The van der Waals surface area contributed by atoms with Gasteiger partial charge in [-0.2, -0.15) is 0 Å². The molecule has 0 radical (unpaired) electrons. The van der Waals surface area contributed by atoms with Crippen LogP contribution in [0.3, 0.4) is 0 Å². The molecular weight excluding hydrogens is 320 g/mol. The maximum absolute atomic E-state index is 6.42. The van der Waals surface area contributed by atoms with Gasteiger partial charge in [-0.3, -0.25) is 0 Å². The highest BCUT2D eigenvalue weighted by atomic mass is 16.5. The van der Waals surface area contributed by atoms with Crippen LogP contribution in [0.25, 0.3) is 0 Å². The Bertz CT molecular complexity index is 629. The molecule has 0 heterocycles. The van der Waals surface area contributed by atoms with Crippen molar-refractivity contribution in [1.82, 2.24) is 0 Å². The van der Waals surface area contributed by atoms with Crippen LogP contribution in [0.1, 0.15) is 64.9 Å². The van der Waals surface area contributed by atoms with Crippen molar-refractivity contribution in [3.63, 3.8) is 0 Å². The molecule has 0 aliphatic carbocycles. The normalized spacial score (nSPS) is 14.7. The van der Waals surface area contributed by atoms with Gasteiger partial charge in [-0.25, -0.2) is 0 Å². The van der Waals surface area contributed by atoms with E-state index in [2.05, 4.69) is 72.4 Å². The van der Waals surface area contributed by atoms with E-state index in [1.165, 1.54) is 0 Å². The Morgan fingerprint density at radius 2 is 0.962 bits per heavy atom. The van der Waals surface area contributed by atoms with Crippen LogP contribution in [0.4, 0.5) is 0 Å². The van der Waals surface area contributed by atoms with Crippen molar-refractivity contribution in [1.29, 1.82) is 0 Å². The Morgan fingerprint density at radius 1 is 0.654 bits per heavy atom.